The summed E-state index contributed by atoms with van der Waals surface area (Å²) in [5.41, 5.74) is 1.25. The van der Waals surface area contributed by atoms with Gasteiger partial charge in [-0.15, -0.1) is 0 Å². The van der Waals surface area contributed by atoms with Gasteiger partial charge < -0.3 is 25.5 Å². The highest BCUT2D eigenvalue weighted by Gasteiger charge is 2.26. The fourth-order valence-corrected chi connectivity index (χ4v) is 5.29. The summed E-state index contributed by atoms with van der Waals surface area (Å²) in [4.78, 5) is 33.3. The van der Waals surface area contributed by atoms with E-state index in [4.69, 9.17) is 0 Å². The Morgan fingerprint density at radius 1 is 1.03 bits per heavy atom. The van der Waals surface area contributed by atoms with E-state index in [0.717, 1.165) is 57.3 Å². The van der Waals surface area contributed by atoms with Crippen molar-refractivity contribution in [2.24, 2.45) is 4.99 Å². The molecule has 12 heteroatoms. The number of hydrogen-bond donors (Lipinski definition) is 4. The molecule has 4 N–H and O–H groups in total. The van der Waals surface area contributed by atoms with E-state index in [2.05, 4.69) is 30.1 Å². The first-order valence-electron chi connectivity index (χ1n) is 11.8. The molecule has 2 aromatic carbocycles. The Hall–Kier alpha value is -3.64. The number of anilines is 1. The van der Waals surface area contributed by atoms with E-state index in [1.54, 1.807) is 36.4 Å². The molecular weight excluding hydrogens is 484 g/mol. The van der Waals surface area contributed by atoms with Gasteiger partial charge in [0.05, 0.1) is 4.90 Å². The van der Waals surface area contributed by atoms with Gasteiger partial charge in [0.25, 0.3) is 5.91 Å². The molecule has 0 aliphatic carbocycles. The minimum Gasteiger partial charge on any atom is -0.480 e. The van der Waals surface area contributed by atoms with Crippen LogP contribution in [0.3, 0.4) is 0 Å². The SMILES string of the molecule is O=C(NCC(NS(=O)(=O)c1ccccc1)C(=O)O)c1cccc(N2CCN(C3=NCCCN3)CC2)c1. The van der Waals surface area contributed by atoms with Crippen molar-refractivity contribution in [3.8, 4) is 0 Å². The Morgan fingerprint density at radius 3 is 2.42 bits per heavy atom. The van der Waals surface area contributed by atoms with Crippen LogP contribution < -0.4 is 20.3 Å². The van der Waals surface area contributed by atoms with Gasteiger partial charge in [-0.2, -0.15) is 4.72 Å². The summed E-state index contributed by atoms with van der Waals surface area (Å²) in [5, 5.41) is 15.4. The van der Waals surface area contributed by atoms with Crippen LogP contribution in [0.1, 0.15) is 16.8 Å². The summed E-state index contributed by atoms with van der Waals surface area (Å²) >= 11 is 0. The topological polar surface area (TPSA) is 143 Å². The molecule has 1 amide bonds. The number of aliphatic carboxylic acids is 1. The lowest BCUT2D eigenvalue weighted by Gasteiger charge is -2.38. The maximum Gasteiger partial charge on any atom is 0.323 e. The van der Waals surface area contributed by atoms with E-state index in [9.17, 15) is 23.1 Å². The quantitative estimate of drug-likeness (QED) is 0.394. The van der Waals surface area contributed by atoms with E-state index in [0.29, 0.717) is 5.56 Å². The van der Waals surface area contributed by atoms with Gasteiger partial charge in [0, 0.05) is 57.1 Å². The second-order valence-corrected chi connectivity index (χ2v) is 10.3. The molecule has 0 bridgehead atoms. The summed E-state index contributed by atoms with van der Waals surface area (Å²) < 4.78 is 27.1. The third kappa shape index (κ3) is 6.32. The molecule has 0 aromatic heterocycles. The highest BCUT2D eigenvalue weighted by molar-refractivity contribution is 7.89. The third-order valence-electron chi connectivity index (χ3n) is 6.05. The predicted molar refractivity (Wildman–Crippen MR) is 136 cm³/mol. The average Bonchev–Trinajstić information content (AvgIpc) is 2.92. The number of sulfonamides is 1. The number of carboxylic acids is 1. The van der Waals surface area contributed by atoms with Crippen molar-refractivity contribution in [2.75, 3.05) is 50.7 Å². The normalized spacial score (nSPS) is 17.1. The van der Waals surface area contributed by atoms with Gasteiger partial charge in [0.2, 0.25) is 10.0 Å². The van der Waals surface area contributed by atoms with Gasteiger partial charge in [-0.3, -0.25) is 14.6 Å². The lowest BCUT2D eigenvalue weighted by Crippen LogP contribution is -2.53. The van der Waals surface area contributed by atoms with Crippen molar-refractivity contribution in [3.63, 3.8) is 0 Å². The number of nitrogens with one attached hydrogen (secondary N) is 3. The van der Waals surface area contributed by atoms with Crippen LogP contribution in [0.5, 0.6) is 0 Å². The molecule has 1 unspecified atom stereocenters. The summed E-state index contributed by atoms with van der Waals surface area (Å²) in [6, 6.07) is 13.0. The molecule has 2 aromatic rings. The van der Waals surface area contributed by atoms with Gasteiger partial charge in [0.15, 0.2) is 5.96 Å². The van der Waals surface area contributed by atoms with Gasteiger partial charge in [-0.1, -0.05) is 24.3 Å². The number of rotatable bonds is 8. The van der Waals surface area contributed by atoms with E-state index in [1.165, 1.54) is 12.1 Å². The summed E-state index contributed by atoms with van der Waals surface area (Å²) in [5.74, 6) is -0.926. The van der Waals surface area contributed by atoms with Gasteiger partial charge in [-0.25, -0.2) is 8.42 Å². The fraction of sp³-hybridized carbons (Fsp3) is 0.375. The maximum atomic E-state index is 12.8. The minimum atomic E-state index is -4.06. The number of nitrogens with zero attached hydrogens (tertiary/aromatic N) is 3. The molecule has 4 rings (SSSR count). The number of guanidine groups is 1. The Kier molecular flexibility index (Phi) is 8.06. The number of carbonyl (C=O) groups excluding carboxylic acids is 1. The average molecular weight is 515 g/mol. The van der Waals surface area contributed by atoms with Crippen molar-refractivity contribution >= 4 is 33.5 Å². The van der Waals surface area contributed by atoms with Crippen LogP contribution in [-0.4, -0.2) is 88.1 Å². The maximum absolute atomic E-state index is 12.8. The van der Waals surface area contributed by atoms with Crippen LogP contribution in [-0.2, 0) is 14.8 Å². The number of aliphatic imine (C=N–C) groups is 1. The molecule has 1 saturated heterocycles. The second kappa shape index (κ2) is 11.4. The second-order valence-electron chi connectivity index (χ2n) is 8.55. The third-order valence-corrected chi connectivity index (χ3v) is 7.54. The van der Waals surface area contributed by atoms with Gasteiger partial charge in [0.1, 0.15) is 6.04 Å². The number of hydrogen-bond acceptors (Lipinski definition) is 8. The van der Waals surface area contributed by atoms with Crippen LogP contribution >= 0.6 is 0 Å². The first-order valence-corrected chi connectivity index (χ1v) is 13.3. The molecule has 0 radical (unpaired) electrons. The number of carboxylic acid groups (broad SMARTS) is 1. The Balaban J connectivity index is 1.35. The minimum absolute atomic E-state index is 0.0540. The molecule has 1 atom stereocenters. The Morgan fingerprint density at radius 2 is 1.75 bits per heavy atom. The number of carbonyl (C=O) groups is 2. The zero-order valence-electron chi connectivity index (χ0n) is 19.8. The first-order chi connectivity index (χ1) is 17.3. The largest absolute Gasteiger partial charge is 0.480 e. The highest BCUT2D eigenvalue weighted by atomic mass is 32.2. The molecule has 1 fully saturated rings. The van der Waals surface area contributed by atoms with Crippen LogP contribution in [0.4, 0.5) is 5.69 Å². The van der Waals surface area contributed by atoms with Crippen molar-refractivity contribution in [3.05, 3.63) is 60.2 Å². The van der Waals surface area contributed by atoms with Crippen molar-refractivity contribution < 1.29 is 23.1 Å². The van der Waals surface area contributed by atoms with E-state index in [1.807, 2.05) is 6.07 Å². The zero-order chi connectivity index (χ0) is 25.5. The van der Waals surface area contributed by atoms with Crippen molar-refractivity contribution in [1.82, 2.24) is 20.3 Å². The number of amides is 1. The molecule has 0 saturated carbocycles. The van der Waals surface area contributed by atoms with Crippen LogP contribution in [0.2, 0.25) is 0 Å². The lowest BCUT2D eigenvalue weighted by atomic mass is 10.1. The first kappa shape index (κ1) is 25.5. The van der Waals surface area contributed by atoms with Crippen LogP contribution in [0, 0.1) is 0 Å². The summed E-state index contributed by atoms with van der Waals surface area (Å²) in [6.07, 6.45) is 1.05. The summed E-state index contributed by atoms with van der Waals surface area (Å²) in [6.45, 7) is 4.54. The van der Waals surface area contributed by atoms with Gasteiger partial charge in [-0.05, 0) is 36.8 Å². The number of piperazine rings is 1. The van der Waals surface area contributed by atoms with E-state index >= 15 is 0 Å². The molecule has 2 aliphatic heterocycles. The Bertz CT molecular complexity index is 1210. The molecule has 0 spiro atoms. The highest BCUT2D eigenvalue weighted by Crippen LogP contribution is 2.19. The molecule has 2 heterocycles. The van der Waals surface area contributed by atoms with Gasteiger partial charge >= 0.3 is 5.97 Å². The lowest BCUT2D eigenvalue weighted by molar-refractivity contribution is -0.138. The fourth-order valence-electron chi connectivity index (χ4n) is 4.08. The standard InChI is InChI=1S/C24H30N6O5S/c31-22(27-17-21(23(32)33)28-36(34,35)20-8-2-1-3-9-20)18-6-4-7-19(16-18)29-12-14-30(15-13-29)24-25-10-5-11-26-24/h1-4,6-9,16,21,28H,5,10-15,17H2,(H,25,26)(H,27,31)(H,32,33). The summed E-state index contributed by atoms with van der Waals surface area (Å²) in [7, 11) is -4.06. The zero-order valence-corrected chi connectivity index (χ0v) is 20.6. The Labute approximate surface area is 210 Å². The van der Waals surface area contributed by atoms with E-state index < -0.39 is 34.5 Å². The smallest absolute Gasteiger partial charge is 0.323 e. The number of benzene rings is 2. The van der Waals surface area contributed by atoms with Crippen LogP contribution in [0.15, 0.2) is 64.5 Å². The molecular formula is C24H30N6O5S. The molecule has 192 valence electrons. The van der Waals surface area contributed by atoms with Crippen molar-refractivity contribution in [2.45, 2.75) is 17.4 Å². The molecule has 11 nitrogen and oxygen atoms in total. The molecule has 2 aliphatic rings. The van der Waals surface area contributed by atoms with Crippen molar-refractivity contribution in [1.29, 1.82) is 0 Å². The monoisotopic (exact) mass is 514 g/mol. The predicted octanol–water partition coefficient (Wildman–Crippen LogP) is 0.319. The van der Waals surface area contributed by atoms with E-state index in [-0.39, 0.29) is 4.90 Å². The van der Waals surface area contributed by atoms with Crippen LogP contribution in [0.25, 0.3) is 0 Å². The molecule has 36 heavy (non-hydrogen) atoms.